The van der Waals surface area contributed by atoms with Crippen molar-refractivity contribution in [2.75, 3.05) is 13.2 Å². The Balaban J connectivity index is 2.55. The quantitative estimate of drug-likeness (QED) is 0.288. The molecule has 1 heterocycles. The number of hydrogen-bond acceptors (Lipinski definition) is 6. The van der Waals surface area contributed by atoms with Gasteiger partial charge in [-0.05, 0) is 13.8 Å². The minimum absolute atomic E-state index is 0.110. The Morgan fingerprint density at radius 2 is 2.36 bits per heavy atom. The molecule has 0 saturated carbocycles. The summed E-state index contributed by atoms with van der Waals surface area (Å²) in [6.45, 7) is 4.70. The maximum absolute atomic E-state index is 8.24. The molecule has 1 aliphatic rings. The van der Waals surface area contributed by atoms with Gasteiger partial charge in [-0.15, -0.1) is 12.6 Å². The largest absolute Gasteiger partial charge is 0.324 e. The average Bonchev–Trinajstić information content (AvgIpc) is 2.38. The highest BCUT2D eigenvalue weighted by molar-refractivity contribution is 7.81. The predicted octanol–water partition coefficient (Wildman–Crippen LogP) is 0.505. The lowest BCUT2D eigenvalue weighted by Gasteiger charge is -2.26. The van der Waals surface area contributed by atoms with Crippen LogP contribution in [0.4, 0.5) is 0 Å². The van der Waals surface area contributed by atoms with Gasteiger partial charge in [0.05, 0.1) is 17.8 Å². The predicted molar refractivity (Wildman–Crippen MR) is 60.8 cm³/mol. The van der Waals surface area contributed by atoms with E-state index in [1.54, 1.807) is 0 Å². The van der Waals surface area contributed by atoms with Gasteiger partial charge in [0.15, 0.2) is 0 Å². The Hall–Kier alpha value is 0.0800. The summed E-state index contributed by atoms with van der Waals surface area (Å²) in [5, 5.41) is 10.2. The van der Waals surface area contributed by atoms with E-state index in [-0.39, 0.29) is 18.3 Å². The Labute approximate surface area is 94.3 Å². The van der Waals surface area contributed by atoms with E-state index in [0.717, 1.165) is 4.99 Å². The molecule has 1 fully saturated rings. The first-order valence-electron chi connectivity index (χ1n) is 4.34. The van der Waals surface area contributed by atoms with E-state index in [0.29, 0.717) is 6.54 Å². The van der Waals surface area contributed by atoms with Gasteiger partial charge in [0.2, 0.25) is 0 Å². The number of thiol groups is 1. The maximum atomic E-state index is 8.24. The van der Waals surface area contributed by atoms with E-state index in [4.69, 9.17) is 17.5 Å². The van der Waals surface area contributed by atoms with E-state index in [2.05, 4.69) is 22.9 Å². The van der Waals surface area contributed by atoms with Crippen molar-refractivity contribution in [2.24, 2.45) is 0 Å². The van der Waals surface area contributed by atoms with Gasteiger partial charge in [-0.25, -0.2) is 15.3 Å². The van der Waals surface area contributed by atoms with Crippen LogP contribution in [0.3, 0.4) is 0 Å². The Kier molecular flexibility index (Phi) is 4.55. The molecule has 5 nitrogen and oxygen atoms in total. The molecule has 2 N–H and O–H groups in total. The van der Waals surface area contributed by atoms with Crippen molar-refractivity contribution in [3.8, 4) is 0 Å². The van der Waals surface area contributed by atoms with Crippen LogP contribution in [0, 0.1) is 0 Å². The summed E-state index contributed by atoms with van der Waals surface area (Å²) in [6, 6.07) is 0. The molecule has 0 spiro atoms. The van der Waals surface area contributed by atoms with E-state index in [1.165, 1.54) is 0 Å². The molecule has 82 valence electrons. The molecule has 7 heteroatoms. The van der Waals surface area contributed by atoms with Crippen LogP contribution >= 0.6 is 24.8 Å². The fourth-order valence-electron chi connectivity index (χ4n) is 1.50. The molecule has 0 aliphatic carbocycles. The van der Waals surface area contributed by atoms with Crippen molar-refractivity contribution in [3.05, 3.63) is 0 Å². The van der Waals surface area contributed by atoms with Crippen LogP contribution in [0.1, 0.15) is 13.8 Å². The molecule has 1 aliphatic heterocycles. The van der Waals surface area contributed by atoms with Crippen molar-refractivity contribution in [3.63, 3.8) is 0 Å². The first-order valence-corrected chi connectivity index (χ1v) is 5.26. The number of rotatable bonds is 3. The minimum atomic E-state index is -0.110. The zero-order chi connectivity index (χ0) is 10.7. The molecule has 0 radical (unpaired) electrons. The third kappa shape index (κ3) is 2.56. The summed E-state index contributed by atoms with van der Waals surface area (Å²) in [5.41, 5.74) is 3.00. The fraction of sp³-hybridized carbons (Fsp3) is 0.857. The van der Waals surface area contributed by atoms with Crippen molar-refractivity contribution >= 4 is 29.8 Å². The van der Waals surface area contributed by atoms with Crippen LogP contribution in [0.15, 0.2) is 0 Å². The zero-order valence-corrected chi connectivity index (χ0v) is 9.89. The summed E-state index contributed by atoms with van der Waals surface area (Å²) < 4.78 is 0. The first-order chi connectivity index (χ1) is 6.57. The molecule has 1 saturated heterocycles. The topological polar surface area (TPSA) is 48.0 Å². The summed E-state index contributed by atoms with van der Waals surface area (Å²) in [5.74, 6) is 0. The summed E-state index contributed by atoms with van der Waals surface area (Å²) in [7, 11) is 0. The van der Waals surface area contributed by atoms with Crippen LogP contribution < -0.4 is 5.43 Å². The van der Waals surface area contributed by atoms with Crippen LogP contribution in [-0.2, 0) is 4.89 Å². The number of hydrogen-bond donors (Lipinski definition) is 3. The van der Waals surface area contributed by atoms with E-state index < -0.39 is 0 Å². The smallest absolute Gasteiger partial charge is 0.139 e. The van der Waals surface area contributed by atoms with Gasteiger partial charge in [-0.3, -0.25) is 5.26 Å². The Bertz CT molecular complexity index is 217. The summed E-state index contributed by atoms with van der Waals surface area (Å²) in [6.07, 6.45) is 0.116. The van der Waals surface area contributed by atoms with Gasteiger partial charge in [-0.2, -0.15) is 0 Å². The lowest BCUT2D eigenvalue weighted by Crippen LogP contribution is -2.41. The van der Waals surface area contributed by atoms with Gasteiger partial charge < -0.3 is 4.90 Å². The lowest BCUT2D eigenvalue weighted by molar-refractivity contribution is -0.245. The van der Waals surface area contributed by atoms with Crippen molar-refractivity contribution in [1.82, 2.24) is 15.3 Å². The number of thiocarbonyl (C=S) groups is 1. The highest BCUT2D eigenvalue weighted by Gasteiger charge is 2.34. The van der Waals surface area contributed by atoms with Gasteiger partial charge in [0.25, 0.3) is 0 Å². The van der Waals surface area contributed by atoms with Crippen LogP contribution in [-0.4, -0.2) is 45.0 Å². The number of nitrogens with zero attached hydrogens (tertiary/aromatic N) is 2. The second-order valence-corrected chi connectivity index (χ2v) is 4.17. The van der Waals surface area contributed by atoms with Gasteiger partial charge in [0, 0.05) is 6.54 Å². The monoisotopic (exact) mass is 237 g/mol. The highest BCUT2D eigenvalue weighted by atomic mass is 32.1. The van der Waals surface area contributed by atoms with Crippen LogP contribution in [0.5, 0.6) is 0 Å². The van der Waals surface area contributed by atoms with Gasteiger partial charge in [-0.1, -0.05) is 12.2 Å². The van der Waals surface area contributed by atoms with Gasteiger partial charge >= 0.3 is 0 Å². The lowest BCUT2D eigenvalue weighted by atomic mass is 10.4. The standard InChI is InChI=1S/C7H15N3O2S2/c1-5-9(3-4-12-11)8-7(14)10(5)6(2)13/h5,7-8,11,14H,3-4H2,1-2H3. The van der Waals surface area contributed by atoms with Crippen LogP contribution in [0.25, 0.3) is 0 Å². The Morgan fingerprint density at radius 3 is 2.79 bits per heavy atom. The molecular formula is C7H15N3O2S2. The Morgan fingerprint density at radius 1 is 1.71 bits per heavy atom. The second kappa shape index (κ2) is 5.24. The minimum Gasteiger partial charge on any atom is -0.324 e. The molecule has 14 heavy (non-hydrogen) atoms. The molecule has 2 unspecified atom stereocenters. The second-order valence-electron chi connectivity index (χ2n) is 3.09. The summed E-state index contributed by atoms with van der Waals surface area (Å²) >= 11 is 9.45. The number of hydrazine groups is 1. The molecule has 1 rings (SSSR count). The fourth-order valence-corrected chi connectivity index (χ4v) is 2.35. The third-order valence-corrected chi connectivity index (χ3v) is 2.76. The van der Waals surface area contributed by atoms with Crippen molar-refractivity contribution < 1.29 is 10.1 Å². The molecule has 2 atom stereocenters. The molecule has 0 aromatic carbocycles. The SMILES string of the molecule is CC(=S)N1C(S)NN(CCOO)C1C. The molecular weight excluding hydrogens is 222 g/mol. The molecule has 0 bridgehead atoms. The summed E-state index contributed by atoms with van der Waals surface area (Å²) in [4.78, 5) is 6.78. The zero-order valence-electron chi connectivity index (χ0n) is 8.17. The molecule has 0 aromatic heterocycles. The molecule has 0 amide bonds. The van der Waals surface area contributed by atoms with Gasteiger partial charge in [0.1, 0.15) is 5.50 Å². The van der Waals surface area contributed by atoms with E-state index in [1.807, 2.05) is 23.8 Å². The third-order valence-electron chi connectivity index (χ3n) is 2.19. The maximum Gasteiger partial charge on any atom is 0.139 e. The normalized spacial score (nSPS) is 28.4. The van der Waals surface area contributed by atoms with E-state index in [9.17, 15) is 0 Å². The van der Waals surface area contributed by atoms with Crippen molar-refractivity contribution in [1.29, 1.82) is 0 Å². The number of nitrogens with one attached hydrogen (secondary N) is 1. The molecule has 0 aromatic rings. The first kappa shape index (κ1) is 12.2. The van der Waals surface area contributed by atoms with Crippen LogP contribution in [0.2, 0.25) is 0 Å². The average molecular weight is 237 g/mol. The van der Waals surface area contributed by atoms with E-state index >= 15 is 0 Å². The highest BCUT2D eigenvalue weighted by Crippen LogP contribution is 2.18. The van der Waals surface area contributed by atoms with Crippen molar-refractivity contribution in [2.45, 2.75) is 25.5 Å².